The molecule has 0 fully saturated rings. The Labute approximate surface area is 131 Å². The van der Waals surface area contributed by atoms with E-state index in [9.17, 15) is 14.3 Å². The summed E-state index contributed by atoms with van der Waals surface area (Å²) in [5, 5.41) is 12.6. The molecule has 1 aromatic carbocycles. The van der Waals surface area contributed by atoms with Gasteiger partial charge in [0.05, 0.1) is 16.9 Å². The lowest BCUT2D eigenvalue weighted by Gasteiger charge is -2.11. The van der Waals surface area contributed by atoms with Gasteiger partial charge in [0.15, 0.2) is 0 Å². The molecule has 0 bridgehead atoms. The normalized spacial score (nSPS) is 12.1. The molecule has 21 heavy (non-hydrogen) atoms. The molecule has 1 aromatic heterocycles. The molecule has 0 radical (unpaired) electrons. The number of carbonyl (C=O) groups excluding carboxylic acids is 1. The zero-order valence-electron chi connectivity index (χ0n) is 11.2. The molecular weight excluding hydrogens is 313 g/mol. The van der Waals surface area contributed by atoms with Gasteiger partial charge in [-0.1, -0.05) is 23.7 Å². The molecule has 2 N–H and O–H groups in total. The van der Waals surface area contributed by atoms with Crippen LogP contribution in [0.5, 0.6) is 0 Å². The van der Waals surface area contributed by atoms with E-state index in [1.165, 1.54) is 29.5 Å². The number of halogens is 2. The maximum atomic E-state index is 13.0. The fourth-order valence-corrected chi connectivity index (χ4v) is 2.98. The third kappa shape index (κ3) is 5.12. The molecule has 0 spiro atoms. The zero-order chi connectivity index (χ0) is 15.2. The van der Waals surface area contributed by atoms with Crippen molar-refractivity contribution < 1.29 is 14.3 Å². The van der Waals surface area contributed by atoms with E-state index < -0.39 is 11.9 Å². The van der Waals surface area contributed by atoms with Crippen molar-refractivity contribution in [3.63, 3.8) is 0 Å². The number of carbonyl (C=O) groups is 1. The van der Waals surface area contributed by atoms with Crippen molar-refractivity contribution in [1.29, 1.82) is 0 Å². The summed E-state index contributed by atoms with van der Waals surface area (Å²) in [5.74, 6) is -0.698. The molecule has 2 rings (SSSR count). The lowest BCUT2D eigenvalue weighted by Crippen LogP contribution is -2.27. The van der Waals surface area contributed by atoms with Crippen LogP contribution in [-0.2, 0) is 11.2 Å². The first kappa shape index (κ1) is 15.9. The molecular formula is C15H15ClFNO2S. The zero-order valence-corrected chi connectivity index (χ0v) is 12.8. The molecule has 0 aliphatic rings. The van der Waals surface area contributed by atoms with Gasteiger partial charge in [-0.05, 0) is 36.2 Å². The molecule has 2 aromatic rings. The molecule has 1 heterocycles. The average Bonchev–Trinajstić information content (AvgIpc) is 2.84. The molecule has 0 aliphatic carbocycles. The Balaban J connectivity index is 1.76. The topological polar surface area (TPSA) is 49.3 Å². The molecule has 0 aliphatic heterocycles. The molecule has 112 valence electrons. The summed E-state index contributed by atoms with van der Waals surface area (Å²) in [6, 6.07) is 9.35. The van der Waals surface area contributed by atoms with Crippen molar-refractivity contribution in [2.45, 2.75) is 18.9 Å². The second-order valence-corrected chi connectivity index (χ2v) is 6.38. The van der Waals surface area contributed by atoms with E-state index in [0.29, 0.717) is 18.5 Å². The average molecular weight is 328 g/mol. The van der Waals surface area contributed by atoms with E-state index in [2.05, 4.69) is 5.32 Å². The van der Waals surface area contributed by atoms with Gasteiger partial charge in [0, 0.05) is 11.4 Å². The van der Waals surface area contributed by atoms with Gasteiger partial charge in [0.2, 0.25) is 5.91 Å². The smallest absolute Gasteiger partial charge is 0.222 e. The van der Waals surface area contributed by atoms with Crippen LogP contribution in [0.2, 0.25) is 4.34 Å². The Morgan fingerprint density at radius 1 is 1.38 bits per heavy atom. The van der Waals surface area contributed by atoms with Crippen LogP contribution in [0.3, 0.4) is 0 Å². The quantitative estimate of drug-likeness (QED) is 0.855. The summed E-state index contributed by atoms with van der Waals surface area (Å²) in [6.07, 6.45) is -0.398. The van der Waals surface area contributed by atoms with Gasteiger partial charge < -0.3 is 10.4 Å². The summed E-state index contributed by atoms with van der Waals surface area (Å²) in [6.45, 7) is 0.478. The fourth-order valence-electron chi connectivity index (χ4n) is 1.89. The lowest BCUT2D eigenvalue weighted by atomic mass is 10.1. The van der Waals surface area contributed by atoms with Crippen molar-refractivity contribution in [3.8, 4) is 0 Å². The minimum Gasteiger partial charge on any atom is -0.388 e. The van der Waals surface area contributed by atoms with Gasteiger partial charge in [0.1, 0.15) is 5.82 Å². The highest BCUT2D eigenvalue weighted by Crippen LogP contribution is 2.21. The van der Waals surface area contributed by atoms with Gasteiger partial charge >= 0.3 is 0 Å². The van der Waals surface area contributed by atoms with Crippen LogP contribution in [0.25, 0.3) is 0 Å². The first-order valence-electron chi connectivity index (χ1n) is 6.49. The highest BCUT2D eigenvalue weighted by molar-refractivity contribution is 7.16. The summed E-state index contributed by atoms with van der Waals surface area (Å²) < 4.78 is 13.8. The summed E-state index contributed by atoms with van der Waals surface area (Å²) >= 11 is 7.29. The van der Waals surface area contributed by atoms with Crippen LogP contribution in [0.15, 0.2) is 36.4 Å². The summed E-state index contributed by atoms with van der Waals surface area (Å²) in [7, 11) is 0. The molecule has 6 heteroatoms. The Morgan fingerprint density at radius 3 is 2.86 bits per heavy atom. The SMILES string of the molecule is O=C(CC(O)c1cccc(F)c1)NCCc1ccc(Cl)s1. The van der Waals surface area contributed by atoms with Gasteiger partial charge in [-0.25, -0.2) is 4.39 Å². The maximum Gasteiger partial charge on any atom is 0.222 e. The molecule has 3 nitrogen and oxygen atoms in total. The summed E-state index contributed by atoms with van der Waals surface area (Å²) in [4.78, 5) is 12.8. The number of aliphatic hydroxyl groups is 1. The Kier molecular flexibility index (Phi) is 5.73. The highest BCUT2D eigenvalue weighted by Gasteiger charge is 2.13. The monoisotopic (exact) mass is 327 g/mol. The van der Waals surface area contributed by atoms with E-state index in [0.717, 1.165) is 9.21 Å². The maximum absolute atomic E-state index is 13.0. The van der Waals surface area contributed by atoms with Crippen LogP contribution in [-0.4, -0.2) is 17.6 Å². The number of rotatable bonds is 6. The molecule has 0 saturated heterocycles. The standard InChI is InChI=1S/C15H15ClFNO2S/c16-14-5-4-12(21-14)6-7-18-15(20)9-13(19)10-2-1-3-11(17)8-10/h1-5,8,13,19H,6-7,9H2,(H,18,20). The third-order valence-corrected chi connectivity index (χ3v) is 4.23. The first-order valence-corrected chi connectivity index (χ1v) is 7.68. The molecule has 1 atom stereocenters. The van der Waals surface area contributed by atoms with Crippen LogP contribution in [0.4, 0.5) is 4.39 Å². The van der Waals surface area contributed by atoms with Crippen LogP contribution in [0.1, 0.15) is 23.0 Å². The van der Waals surface area contributed by atoms with Crippen molar-refractivity contribution in [2.24, 2.45) is 0 Å². The predicted molar refractivity (Wildman–Crippen MR) is 82.0 cm³/mol. The predicted octanol–water partition coefficient (Wildman–Crippen LogP) is 3.32. The molecule has 1 unspecified atom stereocenters. The fraction of sp³-hybridized carbons (Fsp3) is 0.267. The van der Waals surface area contributed by atoms with E-state index in [-0.39, 0.29) is 12.3 Å². The summed E-state index contributed by atoms with van der Waals surface area (Å²) in [5.41, 5.74) is 0.398. The Bertz CT molecular complexity index is 617. The number of hydrogen-bond donors (Lipinski definition) is 2. The molecule has 1 amide bonds. The van der Waals surface area contributed by atoms with Crippen LogP contribution < -0.4 is 5.32 Å². The second kappa shape index (κ2) is 7.54. The number of aliphatic hydroxyl groups excluding tert-OH is 1. The largest absolute Gasteiger partial charge is 0.388 e. The first-order chi connectivity index (χ1) is 10.0. The van der Waals surface area contributed by atoms with Crippen LogP contribution in [0, 0.1) is 5.82 Å². The number of benzene rings is 1. The lowest BCUT2D eigenvalue weighted by molar-refractivity contribution is -0.123. The van der Waals surface area contributed by atoms with Crippen LogP contribution >= 0.6 is 22.9 Å². The van der Waals surface area contributed by atoms with Crippen molar-refractivity contribution in [1.82, 2.24) is 5.32 Å². The second-order valence-electron chi connectivity index (χ2n) is 4.58. The number of amides is 1. The van der Waals surface area contributed by atoms with E-state index in [4.69, 9.17) is 11.6 Å². The number of thiophene rings is 1. The Hall–Kier alpha value is -1.43. The van der Waals surface area contributed by atoms with Gasteiger partial charge in [0.25, 0.3) is 0 Å². The van der Waals surface area contributed by atoms with Crippen molar-refractivity contribution >= 4 is 28.8 Å². The minimum absolute atomic E-state index is 0.0886. The minimum atomic E-state index is -1.00. The Morgan fingerprint density at radius 2 is 2.19 bits per heavy atom. The van der Waals surface area contributed by atoms with Gasteiger partial charge in [-0.15, -0.1) is 11.3 Å². The highest BCUT2D eigenvalue weighted by atomic mass is 35.5. The number of nitrogens with one attached hydrogen (secondary N) is 1. The van der Waals surface area contributed by atoms with Crippen molar-refractivity contribution in [3.05, 3.63) is 57.0 Å². The van der Waals surface area contributed by atoms with Crippen molar-refractivity contribution in [2.75, 3.05) is 6.54 Å². The van der Waals surface area contributed by atoms with Gasteiger partial charge in [-0.2, -0.15) is 0 Å². The van der Waals surface area contributed by atoms with E-state index in [1.807, 2.05) is 12.1 Å². The number of hydrogen-bond acceptors (Lipinski definition) is 3. The van der Waals surface area contributed by atoms with Gasteiger partial charge in [-0.3, -0.25) is 4.79 Å². The molecule has 0 saturated carbocycles. The van der Waals surface area contributed by atoms with E-state index in [1.54, 1.807) is 6.07 Å². The van der Waals surface area contributed by atoms with E-state index >= 15 is 0 Å². The third-order valence-electron chi connectivity index (χ3n) is 2.93.